The van der Waals surface area contributed by atoms with E-state index >= 15 is 0 Å². The summed E-state index contributed by atoms with van der Waals surface area (Å²) in [5.41, 5.74) is -0.178. The Labute approximate surface area is 177 Å². The fraction of sp³-hybridized carbons (Fsp3) is 0.765. The van der Waals surface area contributed by atoms with Crippen molar-refractivity contribution in [1.82, 2.24) is 25.3 Å². The van der Waals surface area contributed by atoms with Crippen LogP contribution in [0.15, 0.2) is 9.52 Å². The predicted octanol–water partition coefficient (Wildman–Crippen LogP) is 2.22. The third kappa shape index (κ3) is 6.82. The van der Waals surface area contributed by atoms with Crippen molar-refractivity contribution in [3.8, 4) is 0 Å². The Morgan fingerprint density at radius 3 is 2.37 bits per heavy atom. The SMILES string of the molecule is CCNC(=NCc1noc(C(C)(C)C)n1)N1CCN(C(=O)OCC)CC1.I. The monoisotopic (exact) mass is 494 g/mol. The molecule has 1 amide bonds. The van der Waals surface area contributed by atoms with Gasteiger partial charge in [-0.3, -0.25) is 0 Å². The molecule has 0 atom stereocenters. The Morgan fingerprint density at radius 2 is 1.85 bits per heavy atom. The molecular weight excluding hydrogens is 463 g/mol. The molecule has 27 heavy (non-hydrogen) atoms. The highest BCUT2D eigenvalue weighted by Gasteiger charge is 2.24. The summed E-state index contributed by atoms with van der Waals surface area (Å²) >= 11 is 0. The van der Waals surface area contributed by atoms with Gasteiger partial charge in [0.2, 0.25) is 5.89 Å². The number of hydrogen-bond acceptors (Lipinski definition) is 6. The molecule has 1 aromatic rings. The maximum Gasteiger partial charge on any atom is 0.409 e. The second-order valence-electron chi connectivity index (χ2n) is 7.11. The van der Waals surface area contributed by atoms with E-state index in [2.05, 4.69) is 25.3 Å². The zero-order chi connectivity index (χ0) is 19.2. The summed E-state index contributed by atoms with van der Waals surface area (Å²) in [5.74, 6) is 1.96. The Kier molecular flexibility index (Phi) is 9.27. The summed E-state index contributed by atoms with van der Waals surface area (Å²) in [6.45, 7) is 14.0. The van der Waals surface area contributed by atoms with Gasteiger partial charge >= 0.3 is 6.09 Å². The second kappa shape index (κ2) is 10.7. The van der Waals surface area contributed by atoms with Crippen molar-refractivity contribution in [3.63, 3.8) is 0 Å². The molecule has 1 aliphatic rings. The number of hydrogen-bond donors (Lipinski definition) is 1. The maximum atomic E-state index is 11.8. The number of carbonyl (C=O) groups is 1. The fourth-order valence-corrected chi connectivity index (χ4v) is 2.51. The molecule has 2 rings (SSSR count). The highest BCUT2D eigenvalue weighted by Crippen LogP contribution is 2.19. The van der Waals surface area contributed by atoms with Gasteiger partial charge in [0.25, 0.3) is 0 Å². The molecular formula is C17H31IN6O3. The third-order valence-corrected chi connectivity index (χ3v) is 3.92. The minimum atomic E-state index is -0.254. The fourth-order valence-electron chi connectivity index (χ4n) is 2.51. The highest BCUT2D eigenvalue weighted by molar-refractivity contribution is 14.0. The normalized spacial score (nSPS) is 15.4. The lowest BCUT2D eigenvalue weighted by Gasteiger charge is -2.35. The number of nitrogens with zero attached hydrogens (tertiary/aromatic N) is 5. The highest BCUT2D eigenvalue weighted by atomic mass is 127. The van der Waals surface area contributed by atoms with E-state index in [0.29, 0.717) is 51.0 Å². The summed E-state index contributed by atoms with van der Waals surface area (Å²) in [6, 6.07) is 0. The number of amides is 1. The topological polar surface area (TPSA) is 96.1 Å². The van der Waals surface area contributed by atoms with Crippen LogP contribution in [0.5, 0.6) is 0 Å². The number of rotatable bonds is 4. The molecule has 1 aromatic heterocycles. The number of halogens is 1. The number of aromatic nitrogens is 2. The van der Waals surface area contributed by atoms with Gasteiger partial charge in [0, 0.05) is 38.1 Å². The molecule has 9 nitrogen and oxygen atoms in total. The lowest BCUT2D eigenvalue weighted by molar-refractivity contribution is 0.0914. The van der Waals surface area contributed by atoms with Crippen molar-refractivity contribution in [2.24, 2.45) is 4.99 Å². The molecule has 1 N–H and O–H groups in total. The minimum absolute atomic E-state index is 0. The minimum Gasteiger partial charge on any atom is -0.450 e. The Balaban J connectivity index is 0.00000364. The summed E-state index contributed by atoms with van der Waals surface area (Å²) < 4.78 is 10.4. The summed E-state index contributed by atoms with van der Waals surface area (Å²) in [6.07, 6.45) is -0.254. The van der Waals surface area contributed by atoms with E-state index in [-0.39, 0.29) is 35.5 Å². The van der Waals surface area contributed by atoms with Crippen LogP contribution in [0, 0.1) is 0 Å². The Hall–Kier alpha value is -1.59. The molecule has 0 aliphatic carbocycles. The molecule has 2 heterocycles. The van der Waals surface area contributed by atoms with Crippen LogP contribution in [-0.2, 0) is 16.7 Å². The molecule has 10 heteroatoms. The first-order valence-electron chi connectivity index (χ1n) is 9.13. The van der Waals surface area contributed by atoms with Gasteiger partial charge in [0.1, 0.15) is 6.54 Å². The first-order valence-corrected chi connectivity index (χ1v) is 9.13. The first kappa shape index (κ1) is 23.4. The van der Waals surface area contributed by atoms with Crippen LogP contribution in [0.25, 0.3) is 0 Å². The van der Waals surface area contributed by atoms with Gasteiger partial charge in [0.15, 0.2) is 11.8 Å². The van der Waals surface area contributed by atoms with Crippen molar-refractivity contribution >= 4 is 36.0 Å². The molecule has 154 valence electrons. The maximum absolute atomic E-state index is 11.8. The van der Waals surface area contributed by atoms with Crippen LogP contribution < -0.4 is 5.32 Å². The van der Waals surface area contributed by atoms with Gasteiger partial charge < -0.3 is 24.4 Å². The molecule has 0 unspecified atom stereocenters. The Morgan fingerprint density at radius 1 is 1.22 bits per heavy atom. The predicted molar refractivity (Wildman–Crippen MR) is 113 cm³/mol. The number of guanidine groups is 1. The summed E-state index contributed by atoms with van der Waals surface area (Å²) in [4.78, 5) is 24.7. The molecule has 1 saturated heterocycles. The summed E-state index contributed by atoms with van der Waals surface area (Å²) in [7, 11) is 0. The van der Waals surface area contributed by atoms with E-state index < -0.39 is 0 Å². The molecule has 0 spiro atoms. The standard InChI is InChI=1S/C17H30N6O3.HI/c1-6-18-15(19-12-13-20-14(26-21-13)17(3,4)5)22-8-10-23(11-9-22)16(24)25-7-2;/h6-12H2,1-5H3,(H,18,19);1H. The van der Waals surface area contributed by atoms with Crippen molar-refractivity contribution in [2.75, 3.05) is 39.3 Å². The molecule has 1 fully saturated rings. The molecule has 0 saturated carbocycles. The Bertz CT molecular complexity index is 620. The smallest absolute Gasteiger partial charge is 0.409 e. The van der Waals surface area contributed by atoms with Gasteiger partial charge in [-0.15, -0.1) is 24.0 Å². The molecule has 0 radical (unpaired) electrons. The van der Waals surface area contributed by atoms with Crippen LogP contribution in [0.4, 0.5) is 4.79 Å². The van der Waals surface area contributed by atoms with Crippen LogP contribution in [-0.4, -0.2) is 71.3 Å². The molecule has 0 bridgehead atoms. The summed E-state index contributed by atoms with van der Waals surface area (Å²) in [5, 5.41) is 7.29. The zero-order valence-corrected chi connectivity index (χ0v) is 19.1. The van der Waals surface area contributed by atoms with Crippen molar-refractivity contribution in [2.45, 2.75) is 46.6 Å². The van der Waals surface area contributed by atoms with Crippen molar-refractivity contribution in [3.05, 3.63) is 11.7 Å². The van der Waals surface area contributed by atoms with Gasteiger partial charge in [-0.05, 0) is 13.8 Å². The van der Waals surface area contributed by atoms with E-state index in [9.17, 15) is 4.79 Å². The van der Waals surface area contributed by atoms with E-state index in [1.54, 1.807) is 4.90 Å². The quantitative estimate of drug-likeness (QED) is 0.390. The van der Waals surface area contributed by atoms with Crippen molar-refractivity contribution in [1.29, 1.82) is 0 Å². The second-order valence-corrected chi connectivity index (χ2v) is 7.11. The number of aliphatic imine (C=N–C) groups is 1. The zero-order valence-electron chi connectivity index (χ0n) is 16.8. The van der Waals surface area contributed by atoms with E-state index in [4.69, 9.17) is 9.26 Å². The lowest BCUT2D eigenvalue weighted by Crippen LogP contribution is -2.53. The lowest BCUT2D eigenvalue weighted by atomic mass is 9.97. The number of ether oxygens (including phenoxy) is 1. The number of piperazine rings is 1. The van der Waals surface area contributed by atoms with E-state index in [1.165, 1.54) is 0 Å². The average molecular weight is 494 g/mol. The van der Waals surface area contributed by atoms with Crippen LogP contribution in [0.1, 0.15) is 46.3 Å². The van der Waals surface area contributed by atoms with Crippen LogP contribution in [0.3, 0.4) is 0 Å². The van der Waals surface area contributed by atoms with E-state index in [1.807, 2.05) is 34.6 Å². The number of nitrogens with one attached hydrogen (secondary N) is 1. The van der Waals surface area contributed by atoms with E-state index in [0.717, 1.165) is 12.5 Å². The third-order valence-electron chi connectivity index (χ3n) is 3.92. The van der Waals surface area contributed by atoms with Gasteiger partial charge in [0.05, 0.1) is 6.61 Å². The van der Waals surface area contributed by atoms with Crippen molar-refractivity contribution < 1.29 is 14.1 Å². The molecule has 1 aliphatic heterocycles. The average Bonchev–Trinajstić information content (AvgIpc) is 3.08. The van der Waals surface area contributed by atoms with Crippen LogP contribution >= 0.6 is 24.0 Å². The van der Waals surface area contributed by atoms with Crippen LogP contribution in [0.2, 0.25) is 0 Å². The largest absolute Gasteiger partial charge is 0.450 e. The van der Waals surface area contributed by atoms with Gasteiger partial charge in [-0.25, -0.2) is 9.79 Å². The molecule has 0 aromatic carbocycles. The first-order chi connectivity index (χ1) is 12.3. The van der Waals surface area contributed by atoms with Gasteiger partial charge in [-0.1, -0.05) is 25.9 Å². The van der Waals surface area contributed by atoms with Gasteiger partial charge in [-0.2, -0.15) is 4.98 Å². The number of carbonyl (C=O) groups excluding carboxylic acids is 1.